The van der Waals surface area contributed by atoms with Crippen molar-refractivity contribution in [3.63, 3.8) is 0 Å². The van der Waals surface area contributed by atoms with Crippen molar-refractivity contribution in [2.24, 2.45) is 5.41 Å². The van der Waals surface area contributed by atoms with E-state index in [0.29, 0.717) is 6.04 Å². The molecule has 1 aromatic rings. The van der Waals surface area contributed by atoms with Gasteiger partial charge in [0.1, 0.15) is 0 Å². The van der Waals surface area contributed by atoms with Crippen molar-refractivity contribution in [2.75, 3.05) is 12.8 Å². The van der Waals surface area contributed by atoms with Gasteiger partial charge in [0.2, 0.25) is 0 Å². The fourth-order valence-electron chi connectivity index (χ4n) is 1.79. The lowest BCUT2D eigenvalue weighted by Gasteiger charge is -2.35. The number of nitrogens with zero attached hydrogens (tertiary/aromatic N) is 1. The summed E-state index contributed by atoms with van der Waals surface area (Å²) in [6, 6.07) is 6.13. The fraction of sp³-hybridized carbons (Fsp3) is 0.571. The van der Waals surface area contributed by atoms with Crippen LogP contribution in [0.1, 0.15) is 33.3 Å². The Bertz CT molecular complexity index is 362. The third kappa shape index (κ3) is 3.62. The molecule has 1 atom stereocenters. The second-order valence-corrected chi connectivity index (χ2v) is 6.17. The fourth-order valence-corrected chi connectivity index (χ4v) is 2.03. The maximum absolute atomic E-state index is 6.19. The maximum atomic E-state index is 6.19. The first-order chi connectivity index (χ1) is 7.73. The van der Waals surface area contributed by atoms with Crippen molar-refractivity contribution in [3.05, 3.63) is 28.8 Å². The van der Waals surface area contributed by atoms with E-state index in [9.17, 15) is 0 Å². The molecule has 0 aromatic heterocycles. The predicted molar refractivity (Wildman–Crippen MR) is 76.2 cm³/mol. The van der Waals surface area contributed by atoms with Crippen LogP contribution in [-0.2, 0) is 6.54 Å². The quantitative estimate of drug-likeness (QED) is 0.832. The lowest BCUT2D eigenvalue weighted by Crippen LogP contribution is -2.39. The number of rotatable bonds is 3. The predicted octanol–water partition coefficient (Wildman–Crippen LogP) is 3.79. The van der Waals surface area contributed by atoms with E-state index in [4.69, 9.17) is 17.3 Å². The molecule has 0 aliphatic carbocycles. The molecular weight excluding hydrogens is 232 g/mol. The van der Waals surface area contributed by atoms with E-state index in [1.807, 2.05) is 18.2 Å². The largest absolute Gasteiger partial charge is 0.398 e. The van der Waals surface area contributed by atoms with E-state index >= 15 is 0 Å². The molecule has 0 spiro atoms. The van der Waals surface area contributed by atoms with Crippen molar-refractivity contribution >= 4 is 17.3 Å². The molecule has 0 aliphatic heterocycles. The highest BCUT2D eigenvalue weighted by atomic mass is 35.5. The van der Waals surface area contributed by atoms with Crippen molar-refractivity contribution in [1.82, 2.24) is 4.90 Å². The van der Waals surface area contributed by atoms with Crippen molar-refractivity contribution in [1.29, 1.82) is 0 Å². The molecular formula is C14H23ClN2. The average molecular weight is 255 g/mol. The first-order valence-electron chi connectivity index (χ1n) is 5.96. The van der Waals surface area contributed by atoms with Crippen LogP contribution >= 0.6 is 11.6 Å². The molecule has 0 saturated heterocycles. The van der Waals surface area contributed by atoms with Gasteiger partial charge in [-0.25, -0.2) is 0 Å². The number of nitrogens with two attached hydrogens (primary N) is 1. The van der Waals surface area contributed by atoms with Crippen molar-refractivity contribution < 1.29 is 0 Å². The van der Waals surface area contributed by atoms with Crippen LogP contribution in [0.15, 0.2) is 18.2 Å². The molecule has 0 fully saturated rings. The van der Waals surface area contributed by atoms with Crippen LogP contribution in [0.2, 0.25) is 5.02 Å². The molecule has 0 aliphatic rings. The van der Waals surface area contributed by atoms with Gasteiger partial charge in [-0.2, -0.15) is 0 Å². The highest BCUT2D eigenvalue weighted by Crippen LogP contribution is 2.28. The Kier molecular flexibility index (Phi) is 4.45. The highest BCUT2D eigenvalue weighted by molar-refractivity contribution is 6.31. The zero-order valence-electron chi connectivity index (χ0n) is 11.4. The Hall–Kier alpha value is -0.730. The average Bonchev–Trinajstić information content (AvgIpc) is 2.21. The minimum atomic E-state index is 0.241. The SMILES string of the molecule is CC(N(C)Cc1c(N)cccc1Cl)C(C)(C)C. The van der Waals surface area contributed by atoms with Gasteiger partial charge >= 0.3 is 0 Å². The van der Waals surface area contributed by atoms with E-state index in [1.165, 1.54) is 0 Å². The molecule has 96 valence electrons. The zero-order valence-corrected chi connectivity index (χ0v) is 12.2. The smallest absolute Gasteiger partial charge is 0.0471 e. The molecule has 17 heavy (non-hydrogen) atoms. The zero-order chi connectivity index (χ0) is 13.2. The molecule has 0 saturated carbocycles. The Morgan fingerprint density at radius 3 is 2.41 bits per heavy atom. The lowest BCUT2D eigenvalue weighted by atomic mass is 9.87. The second kappa shape index (κ2) is 5.28. The third-order valence-corrected chi connectivity index (χ3v) is 3.83. The molecule has 1 rings (SSSR count). The van der Waals surface area contributed by atoms with Gasteiger partial charge in [-0.15, -0.1) is 0 Å². The topological polar surface area (TPSA) is 29.3 Å². The van der Waals surface area contributed by atoms with E-state index in [1.54, 1.807) is 0 Å². The summed E-state index contributed by atoms with van der Waals surface area (Å²) < 4.78 is 0. The second-order valence-electron chi connectivity index (χ2n) is 5.76. The third-order valence-electron chi connectivity index (χ3n) is 3.48. The summed E-state index contributed by atoms with van der Waals surface area (Å²) in [6.07, 6.45) is 0. The monoisotopic (exact) mass is 254 g/mol. The number of hydrogen-bond donors (Lipinski definition) is 1. The van der Waals surface area contributed by atoms with Crippen molar-refractivity contribution in [2.45, 2.75) is 40.3 Å². The number of anilines is 1. The Morgan fingerprint density at radius 2 is 1.94 bits per heavy atom. The summed E-state index contributed by atoms with van der Waals surface area (Å²) >= 11 is 6.19. The summed E-state index contributed by atoms with van der Waals surface area (Å²) in [4.78, 5) is 2.29. The minimum Gasteiger partial charge on any atom is -0.398 e. The number of hydrogen-bond acceptors (Lipinski definition) is 2. The molecule has 0 heterocycles. The molecule has 0 radical (unpaired) electrons. The van der Waals surface area contributed by atoms with Gasteiger partial charge in [0.25, 0.3) is 0 Å². The number of nitrogen functional groups attached to an aromatic ring is 1. The van der Waals surface area contributed by atoms with Crippen molar-refractivity contribution in [3.8, 4) is 0 Å². The van der Waals surface area contributed by atoms with Crippen LogP contribution in [0.3, 0.4) is 0 Å². The standard InChI is InChI=1S/C14H23ClN2/c1-10(14(2,3)4)17(5)9-11-12(15)7-6-8-13(11)16/h6-8,10H,9,16H2,1-5H3. The normalized spacial score (nSPS) is 14.1. The number of benzene rings is 1. The summed E-state index contributed by atoms with van der Waals surface area (Å²) in [6.45, 7) is 9.73. The maximum Gasteiger partial charge on any atom is 0.0471 e. The van der Waals surface area contributed by atoms with Crippen LogP contribution in [0.4, 0.5) is 5.69 Å². The van der Waals surface area contributed by atoms with Crippen LogP contribution in [-0.4, -0.2) is 18.0 Å². The molecule has 3 heteroatoms. The van der Waals surface area contributed by atoms with Crippen LogP contribution in [0, 0.1) is 5.41 Å². The van der Waals surface area contributed by atoms with Gasteiger partial charge in [-0.1, -0.05) is 38.4 Å². The Balaban J connectivity index is 2.85. The van der Waals surface area contributed by atoms with Gasteiger partial charge in [0.15, 0.2) is 0 Å². The molecule has 0 amide bonds. The highest BCUT2D eigenvalue weighted by Gasteiger charge is 2.24. The Labute approximate surface area is 110 Å². The first-order valence-corrected chi connectivity index (χ1v) is 6.34. The molecule has 2 nitrogen and oxygen atoms in total. The first kappa shape index (κ1) is 14.3. The molecule has 2 N–H and O–H groups in total. The molecule has 1 aromatic carbocycles. The van der Waals surface area contributed by atoms with E-state index in [0.717, 1.165) is 22.8 Å². The molecule has 0 bridgehead atoms. The van der Waals surface area contributed by atoms with Crippen LogP contribution in [0.25, 0.3) is 0 Å². The summed E-state index contributed by atoms with van der Waals surface area (Å²) in [7, 11) is 2.11. The van der Waals surface area contributed by atoms with Gasteiger partial charge in [0, 0.05) is 28.9 Å². The number of halogens is 1. The van der Waals surface area contributed by atoms with Gasteiger partial charge in [0.05, 0.1) is 0 Å². The van der Waals surface area contributed by atoms with Crippen LogP contribution in [0.5, 0.6) is 0 Å². The summed E-state index contributed by atoms with van der Waals surface area (Å²) in [5.41, 5.74) is 8.00. The summed E-state index contributed by atoms with van der Waals surface area (Å²) in [5, 5.41) is 0.748. The summed E-state index contributed by atoms with van der Waals surface area (Å²) in [5.74, 6) is 0. The van der Waals surface area contributed by atoms with E-state index < -0.39 is 0 Å². The van der Waals surface area contributed by atoms with Gasteiger partial charge < -0.3 is 5.73 Å². The van der Waals surface area contributed by atoms with E-state index in [2.05, 4.69) is 39.6 Å². The Morgan fingerprint density at radius 1 is 1.35 bits per heavy atom. The van der Waals surface area contributed by atoms with Gasteiger partial charge in [-0.3, -0.25) is 4.90 Å². The van der Waals surface area contributed by atoms with Gasteiger partial charge in [-0.05, 0) is 31.5 Å². The molecule has 1 unspecified atom stereocenters. The lowest BCUT2D eigenvalue weighted by molar-refractivity contribution is 0.135. The van der Waals surface area contributed by atoms with E-state index in [-0.39, 0.29) is 5.41 Å². The minimum absolute atomic E-state index is 0.241. The van der Waals surface area contributed by atoms with Crippen LogP contribution < -0.4 is 5.73 Å².